The third-order valence-corrected chi connectivity index (χ3v) is 2.04. The lowest BCUT2D eigenvalue weighted by molar-refractivity contribution is 0.0691. The summed E-state index contributed by atoms with van der Waals surface area (Å²) in [7, 11) is 0. The zero-order chi connectivity index (χ0) is 12.3. The molecule has 0 bridgehead atoms. The fourth-order valence-electron chi connectivity index (χ4n) is 1.13. The molecule has 2 heterocycles. The molecule has 0 radical (unpaired) electrons. The fourth-order valence-corrected chi connectivity index (χ4v) is 1.32. The normalized spacial score (nSPS) is 9.69. The molecule has 0 amide bonds. The molecule has 6 nitrogen and oxygen atoms in total. The molecule has 0 aliphatic heterocycles. The van der Waals surface area contributed by atoms with Gasteiger partial charge in [0, 0.05) is 5.39 Å². The molecule has 2 rings (SSSR count). The van der Waals surface area contributed by atoms with Crippen molar-refractivity contribution in [2.24, 2.45) is 0 Å². The number of aromatic nitrogens is 3. The van der Waals surface area contributed by atoms with Gasteiger partial charge in [0.15, 0.2) is 5.15 Å². The van der Waals surface area contributed by atoms with Crippen molar-refractivity contribution in [3.8, 4) is 0 Å². The van der Waals surface area contributed by atoms with E-state index in [1.165, 1.54) is 6.07 Å². The molecule has 0 aliphatic rings. The largest absolute Gasteiger partial charge is 0.477 e. The van der Waals surface area contributed by atoms with Crippen LogP contribution in [-0.2, 0) is 0 Å². The average molecular weight is 244 g/mol. The Kier molecular flexibility index (Phi) is 3.68. The van der Waals surface area contributed by atoms with Crippen LogP contribution in [0.15, 0.2) is 10.9 Å². The molecular formula is C9H10ClN3O3. The van der Waals surface area contributed by atoms with Gasteiger partial charge in [0.1, 0.15) is 11.2 Å². The van der Waals surface area contributed by atoms with Crippen molar-refractivity contribution >= 4 is 28.5 Å². The lowest BCUT2D eigenvalue weighted by Gasteiger charge is -1.88. The molecule has 2 aromatic rings. The van der Waals surface area contributed by atoms with Gasteiger partial charge in [-0.15, -0.1) is 0 Å². The topological polar surface area (TPSA) is 98.8 Å². The molecule has 0 spiro atoms. The van der Waals surface area contributed by atoms with E-state index in [0.29, 0.717) is 5.39 Å². The molecule has 0 saturated carbocycles. The summed E-state index contributed by atoms with van der Waals surface area (Å²) in [4.78, 5) is 24.2. The van der Waals surface area contributed by atoms with Gasteiger partial charge < -0.3 is 10.1 Å². The Morgan fingerprint density at radius 2 is 2.12 bits per heavy atom. The van der Waals surface area contributed by atoms with Crippen LogP contribution in [0.3, 0.4) is 0 Å². The molecule has 3 N–H and O–H groups in total. The first kappa shape index (κ1) is 12.3. The van der Waals surface area contributed by atoms with Crippen molar-refractivity contribution in [3.63, 3.8) is 0 Å². The first-order valence-electron chi connectivity index (χ1n) is 4.60. The van der Waals surface area contributed by atoms with Crippen molar-refractivity contribution in [1.29, 1.82) is 0 Å². The van der Waals surface area contributed by atoms with Crippen LogP contribution in [0.4, 0.5) is 0 Å². The van der Waals surface area contributed by atoms with Gasteiger partial charge in [0.25, 0.3) is 5.56 Å². The third-order valence-electron chi connectivity index (χ3n) is 1.75. The Hall–Kier alpha value is -1.82. The number of carboxylic acid groups (broad SMARTS) is 1. The minimum absolute atomic E-state index is 0.0587. The van der Waals surface area contributed by atoms with Gasteiger partial charge in [0.05, 0.1) is 0 Å². The van der Waals surface area contributed by atoms with E-state index in [-0.39, 0.29) is 16.4 Å². The Balaban J connectivity index is 0.000000606. The van der Waals surface area contributed by atoms with Gasteiger partial charge in [-0.25, -0.2) is 9.89 Å². The molecule has 0 aliphatic carbocycles. The van der Waals surface area contributed by atoms with Crippen LogP contribution in [0, 0.1) is 0 Å². The summed E-state index contributed by atoms with van der Waals surface area (Å²) in [5, 5.41) is 14.6. The number of nitrogens with one attached hydrogen (secondary N) is 2. The van der Waals surface area contributed by atoms with E-state index < -0.39 is 11.5 Å². The van der Waals surface area contributed by atoms with Crippen molar-refractivity contribution in [3.05, 3.63) is 27.3 Å². The molecule has 16 heavy (non-hydrogen) atoms. The summed E-state index contributed by atoms with van der Waals surface area (Å²) in [6, 6.07) is 1.27. The van der Waals surface area contributed by atoms with Crippen molar-refractivity contribution < 1.29 is 9.90 Å². The number of aromatic amines is 2. The van der Waals surface area contributed by atoms with Gasteiger partial charge >= 0.3 is 5.97 Å². The second kappa shape index (κ2) is 4.80. The van der Waals surface area contributed by atoms with Gasteiger partial charge in [-0.05, 0) is 6.07 Å². The number of aromatic carboxylic acids is 1. The first-order valence-corrected chi connectivity index (χ1v) is 4.97. The van der Waals surface area contributed by atoms with E-state index >= 15 is 0 Å². The van der Waals surface area contributed by atoms with Crippen LogP contribution < -0.4 is 5.56 Å². The lowest BCUT2D eigenvalue weighted by atomic mass is 10.3. The number of carboxylic acids is 1. The van der Waals surface area contributed by atoms with E-state index in [9.17, 15) is 9.59 Å². The molecule has 7 heteroatoms. The Morgan fingerprint density at radius 1 is 1.50 bits per heavy atom. The summed E-state index contributed by atoms with van der Waals surface area (Å²) < 4.78 is 0. The highest BCUT2D eigenvalue weighted by Crippen LogP contribution is 2.18. The van der Waals surface area contributed by atoms with Crippen LogP contribution in [0.5, 0.6) is 0 Å². The number of nitrogens with zero attached hydrogens (tertiary/aromatic N) is 1. The number of rotatable bonds is 1. The smallest absolute Gasteiger partial charge is 0.352 e. The van der Waals surface area contributed by atoms with Crippen molar-refractivity contribution in [2.75, 3.05) is 0 Å². The summed E-state index contributed by atoms with van der Waals surface area (Å²) in [6.45, 7) is 4.00. The molecule has 0 unspecified atom stereocenters. The number of hydrogen-bond acceptors (Lipinski definition) is 3. The number of carbonyl (C=O) groups is 1. The summed E-state index contributed by atoms with van der Waals surface area (Å²) in [5.74, 6) is -1.16. The predicted octanol–water partition coefficient (Wildman–Crippen LogP) is 1.63. The highest BCUT2D eigenvalue weighted by atomic mass is 35.5. The number of fused-ring (bicyclic) bond motifs is 1. The standard InChI is InChI=1S/C7H4ClN3O3.C2H6/c8-5-2-1-3(7(13)14)9-4(2)6(12)11-10-5;1-2/h1,9H,(H,11,12)(H,13,14);1-2H3. The zero-order valence-electron chi connectivity index (χ0n) is 8.67. The van der Waals surface area contributed by atoms with E-state index in [2.05, 4.69) is 15.2 Å². The minimum atomic E-state index is -1.16. The van der Waals surface area contributed by atoms with Gasteiger partial charge in [-0.3, -0.25) is 4.79 Å². The Morgan fingerprint density at radius 3 is 2.62 bits per heavy atom. The molecule has 0 atom stereocenters. The molecule has 0 aromatic carbocycles. The van der Waals surface area contributed by atoms with E-state index in [4.69, 9.17) is 16.7 Å². The van der Waals surface area contributed by atoms with Gasteiger partial charge in [0.2, 0.25) is 0 Å². The molecule has 2 aromatic heterocycles. The van der Waals surface area contributed by atoms with E-state index in [1.54, 1.807) is 0 Å². The average Bonchev–Trinajstić information content (AvgIpc) is 2.72. The summed E-state index contributed by atoms with van der Waals surface area (Å²) >= 11 is 5.65. The van der Waals surface area contributed by atoms with Crippen LogP contribution in [0.2, 0.25) is 5.15 Å². The molecule has 0 saturated heterocycles. The van der Waals surface area contributed by atoms with Crippen LogP contribution in [0.1, 0.15) is 24.3 Å². The monoisotopic (exact) mass is 243 g/mol. The van der Waals surface area contributed by atoms with Crippen LogP contribution >= 0.6 is 11.6 Å². The zero-order valence-corrected chi connectivity index (χ0v) is 9.42. The van der Waals surface area contributed by atoms with E-state index in [0.717, 1.165) is 0 Å². The van der Waals surface area contributed by atoms with Gasteiger partial charge in [-0.1, -0.05) is 25.4 Å². The minimum Gasteiger partial charge on any atom is -0.477 e. The number of halogens is 1. The third kappa shape index (κ3) is 2.06. The summed E-state index contributed by atoms with van der Waals surface area (Å²) in [6.07, 6.45) is 0. The number of hydrogen-bond donors (Lipinski definition) is 3. The molecular weight excluding hydrogens is 234 g/mol. The SMILES string of the molecule is CC.O=C(O)c1cc2c(Cl)n[nH]c(=O)c2[nH]1. The van der Waals surface area contributed by atoms with Crippen LogP contribution in [0.25, 0.3) is 10.9 Å². The Labute approximate surface area is 95.3 Å². The highest BCUT2D eigenvalue weighted by molar-refractivity contribution is 6.34. The maximum atomic E-state index is 11.2. The fraction of sp³-hybridized carbons (Fsp3) is 0.222. The highest BCUT2D eigenvalue weighted by Gasteiger charge is 2.12. The van der Waals surface area contributed by atoms with Crippen molar-refractivity contribution in [1.82, 2.24) is 15.2 Å². The lowest BCUT2D eigenvalue weighted by Crippen LogP contribution is -2.08. The van der Waals surface area contributed by atoms with E-state index in [1.807, 2.05) is 13.8 Å². The van der Waals surface area contributed by atoms with Gasteiger partial charge in [-0.2, -0.15) is 5.10 Å². The Bertz CT molecular complexity index is 573. The summed E-state index contributed by atoms with van der Waals surface area (Å²) in [5.41, 5.74) is -0.486. The second-order valence-corrected chi connectivity index (χ2v) is 2.98. The maximum Gasteiger partial charge on any atom is 0.352 e. The molecule has 86 valence electrons. The number of H-pyrrole nitrogens is 2. The first-order chi connectivity index (χ1) is 7.59. The predicted molar refractivity (Wildman–Crippen MR) is 60.0 cm³/mol. The quantitative estimate of drug-likeness (QED) is 0.709. The van der Waals surface area contributed by atoms with Crippen LogP contribution in [-0.4, -0.2) is 26.3 Å². The second-order valence-electron chi connectivity index (χ2n) is 2.62. The van der Waals surface area contributed by atoms with Crippen molar-refractivity contribution in [2.45, 2.75) is 13.8 Å². The maximum absolute atomic E-state index is 11.2. The molecule has 0 fully saturated rings.